The molecule has 0 unspecified atom stereocenters. The van der Waals surface area contributed by atoms with E-state index in [1.165, 1.54) is 0 Å². The zero-order chi connectivity index (χ0) is 24.8. The summed E-state index contributed by atoms with van der Waals surface area (Å²) in [6.07, 6.45) is 0.452. The summed E-state index contributed by atoms with van der Waals surface area (Å²) >= 11 is 0. The van der Waals surface area contributed by atoms with Gasteiger partial charge in [-0.3, -0.25) is 4.79 Å². The Morgan fingerprint density at radius 3 is 2.54 bits per heavy atom. The second-order valence-corrected chi connectivity index (χ2v) is 8.22. The van der Waals surface area contributed by atoms with E-state index in [4.69, 9.17) is 19.0 Å². The highest BCUT2D eigenvalue weighted by atomic mass is 16.5. The molecule has 0 aliphatic carbocycles. The van der Waals surface area contributed by atoms with Crippen LogP contribution in [-0.2, 0) is 20.8 Å². The lowest BCUT2D eigenvalue weighted by atomic mass is 10.1. The van der Waals surface area contributed by atoms with Crippen molar-refractivity contribution in [1.29, 1.82) is 0 Å². The van der Waals surface area contributed by atoms with Gasteiger partial charge in [-0.15, -0.1) is 0 Å². The molecule has 0 radical (unpaired) electrons. The Labute approximate surface area is 202 Å². The van der Waals surface area contributed by atoms with E-state index in [9.17, 15) is 9.59 Å². The number of imidazole rings is 1. The van der Waals surface area contributed by atoms with Gasteiger partial charge >= 0.3 is 11.6 Å². The van der Waals surface area contributed by atoms with Gasteiger partial charge in [-0.2, -0.15) is 0 Å². The molecule has 35 heavy (non-hydrogen) atoms. The molecule has 0 aliphatic rings. The third kappa shape index (κ3) is 5.52. The van der Waals surface area contributed by atoms with E-state index in [0.717, 1.165) is 22.1 Å². The number of carboxylic acid groups (broad SMARTS) is 1. The van der Waals surface area contributed by atoms with Crippen LogP contribution in [0.5, 0.6) is 0 Å². The molecular weight excluding hydrogens is 450 g/mol. The zero-order valence-electron chi connectivity index (χ0n) is 19.9. The molecule has 0 aliphatic heterocycles. The molecule has 0 amide bonds. The number of hydrogen-bond donors (Lipinski definition) is 1. The minimum atomic E-state index is -0.859. The number of anilines is 1. The molecule has 0 atom stereocenters. The van der Waals surface area contributed by atoms with Crippen LogP contribution in [0.3, 0.4) is 0 Å². The molecule has 0 spiro atoms. The van der Waals surface area contributed by atoms with Crippen LogP contribution in [-0.4, -0.2) is 61.1 Å². The number of rotatable bonds is 12. The third-order valence-electron chi connectivity index (χ3n) is 5.88. The Morgan fingerprint density at radius 1 is 1.09 bits per heavy atom. The third-order valence-corrected chi connectivity index (χ3v) is 5.88. The number of carbonyl (C=O) groups is 1. The first-order chi connectivity index (χ1) is 17.0. The molecule has 4 rings (SSSR count). The molecule has 2 aromatic heterocycles. The quantitative estimate of drug-likeness (QED) is 0.306. The predicted molar refractivity (Wildman–Crippen MR) is 134 cm³/mol. The van der Waals surface area contributed by atoms with Crippen molar-refractivity contribution in [2.24, 2.45) is 0 Å². The SMILES string of the molecule is COCCN(CCOC)c1ccc2cc(-c3nc4ccccc4n3CCCC(=O)O)c(=O)oc2c1. The summed E-state index contributed by atoms with van der Waals surface area (Å²) in [5, 5.41) is 9.82. The lowest BCUT2D eigenvalue weighted by molar-refractivity contribution is -0.137. The number of hydrogen-bond acceptors (Lipinski definition) is 7. The number of benzene rings is 2. The molecule has 0 saturated carbocycles. The van der Waals surface area contributed by atoms with Crippen LogP contribution in [0.25, 0.3) is 33.4 Å². The van der Waals surface area contributed by atoms with Crippen LogP contribution in [0.4, 0.5) is 5.69 Å². The van der Waals surface area contributed by atoms with Crippen molar-refractivity contribution in [3.63, 3.8) is 0 Å². The number of aryl methyl sites for hydroxylation is 1. The maximum Gasteiger partial charge on any atom is 0.347 e. The topological polar surface area (TPSA) is 107 Å². The largest absolute Gasteiger partial charge is 0.481 e. The van der Waals surface area contributed by atoms with Gasteiger partial charge in [0.15, 0.2) is 0 Å². The highest BCUT2D eigenvalue weighted by Gasteiger charge is 2.18. The van der Waals surface area contributed by atoms with Crippen LogP contribution in [0, 0.1) is 0 Å². The van der Waals surface area contributed by atoms with E-state index in [2.05, 4.69) is 9.88 Å². The Bertz CT molecular complexity index is 1370. The second kappa shape index (κ2) is 11.2. The number of para-hydroxylation sites is 2. The fourth-order valence-electron chi connectivity index (χ4n) is 4.12. The van der Waals surface area contributed by atoms with Gasteiger partial charge in [0, 0.05) is 57.4 Å². The highest BCUT2D eigenvalue weighted by Crippen LogP contribution is 2.28. The summed E-state index contributed by atoms with van der Waals surface area (Å²) in [7, 11) is 3.31. The van der Waals surface area contributed by atoms with E-state index in [-0.39, 0.29) is 6.42 Å². The molecule has 0 bridgehead atoms. The standard InChI is InChI=1S/C26H29N3O6/c1-33-14-12-28(13-15-34-2)19-10-9-18-16-20(26(32)35-23(18)17-19)25-27-21-6-3-4-7-22(21)29(25)11-5-8-24(30)31/h3-4,6-7,9-10,16-17H,5,8,11-15H2,1-2H3,(H,30,31). The van der Waals surface area contributed by atoms with Crippen LogP contribution >= 0.6 is 0 Å². The monoisotopic (exact) mass is 479 g/mol. The van der Waals surface area contributed by atoms with Gasteiger partial charge in [-0.05, 0) is 36.8 Å². The summed E-state index contributed by atoms with van der Waals surface area (Å²) in [5.74, 6) is -0.389. The summed E-state index contributed by atoms with van der Waals surface area (Å²) in [6.45, 7) is 2.89. The summed E-state index contributed by atoms with van der Waals surface area (Å²) < 4.78 is 18.1. The number of ether oxygens (including phenoxy) is 2. The average molecular weight is 480 g/mol. The Balaban J connectivity index is 1.74. The summed E-state index contributed by atoms with van der Waals surface area (Å²) in [4.78, 5) is 30.9. The molecule has 2 aromatic carbocycles. The van der Waals surface area contributed by atoms with Crippen molar-refractivity contribution >= 4 is 33.7 Å². The normalized spacial score (nSPS) is 11.4. The zero-order valence-corrected chi connectivity index (χ0v) is 19.9. The Hall–Kier alpha value is -3.69. The van der Waals surface area contributed by atoms with Gasteiger partial charge in [-0.25, -0.2) is 9.78 Å². The smallest absolute Gasteiger partial charge is 0.347 e. The Kier molecular flexibility index (Phi) is 7.79. The van der Waals surface area contributed by atoms with Gasteiger partial charge in [0.1, 0.15) is 17.0 Å². The van der Waals surface area contributed by atoms with Crippen molar-refractivity contribution in [1.82, 2.24) is 9.55 Å². The van der Waals surface area contributed by atoms with Crippen LogP contribution in [0.15, 0.2) is 57.7 Å². The van der Waals surface area contributed by atoms with E-state index < -0.39 is 11.6 Å². The minimum absolute atomic E-state index is 0.0314. The van der Waals surface area contributed by atoms with Crippen molar-refractivity contribution < 1.29 is 23.8 Å². The first-order valence-corrected chi connectivity index (χ1v) is 11.5. The van der Waals surface area contributed by atoms with Crippen LogP contribution in [0.2, 0.25) is 0 Å². The van der Waals surface area contributed by atoms with Gasteiger partial charge in [0.05, 0.1) is 24.2 Å². The van der Waals surface area contributed by atoms with Gasteiger partial charge in [0.2, 0.25) is 0 Å². The van der Waals surface area contributed by atoms with Crippen molar-refractivity contribution in [2.75, 3.05) is 45.4 Å². The fourth-order valence-corrected chi connectivity index (χ4v) is 4.12. The van der Waals surface area contributed by atoms with Crippen LogP contribution < -0.4 is 10.5 Å². The van der Waals surface area contributed by atoms with Crippen LogP contribution in [0.1, 0.15) is 12.8 Å². The first kappa shape index (κ1) is 24.4. The Morgan fingerprint density at radius 2 is 1.83 bits per heavy atom. The molecule has 0 fully saturated rings. The molecule has 9 heteroatoms. The summed E-state index contributed by atoms with van der Waals surface area (Å²) in [6, 6.07) is 15.1. The van der Waals surface area contributed by atoms with Crippen molar-refractivity contribution in [3.05, 3.63) is 59.0 Å². The molecule has 1 N–H and O–H groups in total. The molecule has 184 valence electrons. The molecular formula is C26H29N3O6. The molecule has 9 nitrogen and oxygen atoms in total. The van der Waals surface area contributed by atoms with E-state index in [0.29, 0.717) is 56.2 Å². The van der Waals surface area contributed by atoms with Crippen molar-refractivity contribution in [2.45, 2.75) is 19.4 Å². The van der Waals surface area contributed by atoms with E-state index in [1.807, 2.05) is 47.0 Å². The predicted octanol–water partition coefficient (Wildman–Crippen LogP) is 3.77. The molecule has 0 saturated heterocycles. The lowest BCUT2D eigenvalue weighted by Gasteiger charge is -2.24. The number of fused-ring (bicyclic) bond motifs is 2. The number of methoxy groups -OCH3 is 2. The average Bonchev–Trinajstić information content (AvgIpc) is 3.21. The van der Waals surface area contributed by atoms with E-state index in [1.54, 1.807) is 20.3 Å². The highest BCUT2D eigenvalue weighted by molar-refractivity contribution is 5.86. The number of carboxylic acids is 1. The number of nitrogens with zero attached hydrogens (tertiary/aromatic N) is 3. The maximum absolute atomic E-state index is 13.1. The molecule has 4 aromatic rings. The molecule has 2 heterocycles. The minimum Gasteiger partial charge on any atom is -0.481 e. The second-order valence-electron chi connectivity index (χ2n) is 8.22. The maximum atomic E-state index is 13.1. The first-order valence-electron chi connectivity index (χ1n) is 11.5. The summed E-state index contributed by atoms with van der Waals surface area (Å²) in [5.41, 5.74) is 2.81. The lowest BCUT2D eigenvalue weighted by Crippen LogP contribution is -2.30. The van der Waals surface area contributed by atoms with Gasteiger partial charge in [-0.1, -0.05) is 12.1 Å². The van der Waals surface area contributed by atoms with E-state index >= 15 is 0 Å². The van der Waals surface area contributed by atoms with Gasteiger partial charge in [0.25, 0.3) is 0 Å². The fraction of sp³-hybridized carbons (Fsp3) is 0.346. The number of aromatic nitrogens is 2. The van der Waals surface area contributed by atoms with Gasteiger partial charge < -0.3 is 28.5 Å². The van der Waals surface area contributed by atoms with Crippen molar-refractivity contribution in [3.8, 4) is 11.4 Å². The number of aliphatic carboxylic acids is 1.